The van der Waals surface area contributed by atoms with Crippen LogP contribution in [0.2, 0.25) is 5.02 Å². The fourth-order valence-electron chi connectivity index (χ4n) is 2.26. The van der Waals surface area contributed by atoms with Crippen molar-refractivity contribution in [1.82, 2.24) is 0 Å². The van der Waals surface area contributed by atoms with Crippen molar-refractivity contribution < 1.29 is 34.6 Å². The molecule has 0 bridgehead atoms. The number of carbonyl (C=O) groups is 1. The minimum absolute atomic E-state index is 0. The van der Waals surface area contributed by atoms with Gasteiger partial charge >= 0.3 is 18.9 Å². The summed E-state index contributed by atoms with van der Waals surface area (Å²) in [7, 11) is 1.53. The van der Waals surface area contributed by atoms with Gasteiger partial charge in [0.05, 0.1) is 24.3 Å². The van der Waals surface area contributed by atoms with E-state index in [2.05, 4.69) is 6.92 Å². The van der Waals surface area contributed by atoms with Gasteiger partial charge in [-0.05, 0) is 44.6 Å². The molecule has 0 aliphatic heterocycles. The van der Waals surface area contributed by atoms with E-state index in [1.54, 1.807) is 18.2 Å². The third-order valence-corrected chi connectivity index (χ3v) is 4.97. The molecule has 2 rings (SSSR count). The molecule has 0 saturated heterocycles. The number of benzene rings is 2. The summed E-state index contributed by atoms with van der Waals surface area (Å²) < 4.78 is 10.9. The van der Waals surface area contributed by atoms with Crippen LogP contribution in [0.25, 0.3) is 0 Å². The molecule has 0 N–H and O–H groups in total. The van der Waals surface area contributed by atoms with E-state index < -0.39 is 0 Å². The predicted molar refractivity (Wildman–Crippen MR) is 103 cm³/mol. The summed E-state index contributed by atoms with van der Waals surface area (Å²) in [6.45, 7) is 2.89. The number of rotatable bonds is 9. The maximum atomic E-state index is 12.6. The normalized spacial score (nSPS) is 10.5. The van der Waals surface area contributed by atoms with E-state index in [0.717, 1.165) is 24.1 Å². The van der Waals surface area contributed by atoms with E-state index in [1.807, 2.05) is 24.3 Å². The van der Waals surface area contributed by atoms with Crippen molar-refractivity contribution in [2.75, 3.05) is 13.7 Å². The second-order valence-corrected chi connectivity index (χ2v) is 7.04. The summed E-state index contributed by atoms with van der Waals surface area (Å²) in [6.07, 6.45) is 3.41. The Morgan fingerprint density at radius 1 is 1.16 bits per heavy atom. The molecule has 0 amide bonds. The zero-order chi connectivity index (χ0) is 17.4. The maximum absolute atomic E-state index is 12.6. The molecule has 6 heteroatoms. The Hall–Kier alpha value is -0.973. The Bertz CT molecular complexity index is 683. The minimum Gasteiger partial charge on any atom is -1.00 e. The van der Waals surface area contributed by atoms with Gasteiger partial charge in [0.1, 0.15) is 11.5 Å². The Morgan fingerprint density at radius 3 is 2.52 bits per heavy atom. The average molecular weight is 373 g/mol. The van der Waals surface area contributed by atoms with Crippen LogP contribution in [0.4, 0.5) is 0 Å². The molecule has 0 aromatic heterocycles. The second kappa shape index (κ2) is 11.6. The van der Waals surface area contributed by atoms with Crippen LogP contribution in [-0.2, 0) is 0 Å². The number of hydrogen-bond donors (Lipinski definition) is 0. The monoisotopic (exact) mass is 372 g/mol. The van der Waals surface area contributed by atoms with E-state index in [0.29, 0.717) is 16.3 Å². The summed E-state index contributed by atoms with van der Waals surface area (Å²) >= 11 is 6.16. The van der Waals surface area contributed by atoms with E-state index in [1.165, 1.54) is 20.0 Å². The van der Waals surface area contributed by atoms with Gasteiger partial charge in [0.25, 0.3) is 0 Å². The third-order valence-electron chi connectivity index (χ3n) is 3.55. The first kappa shape index (κ1) is 22.1. The quantitative estimate of drug-likeness (QED) is 0.384. The van der Waals surface area contributed by atoms with Gasteiger partial charge in [0.2, 0.25) is 0 Å². The smallest absolute Gasteiger partial charge is 1.00 e. The molecule has 0 aliphatic rings. The van der Waals surface area contributed by atoms with Crippen molar-refractivity contribution in [3.8, 4) is 11.5 Å². The number of methoxy groups -OCH3 is 1. The maximum Gasteiger partial charge on any atom is 1.00 e. The third kappa shape index (κ3) is 6.68. The summed E-state index contributed by atoms with van der Waals surface area (Å²) in [5, 5.41) is 1.37. The molecule has 2 aromatic rings. The molecular weight excluding hydrogens is 350 g/mol. The summed E-state index contributed by atoms with van der Waals surface area (Å²) in [6, 6.07) is 12.9. The summed E-state index contributed by atoms with van der Waals surface area (Å²) in [5.41, 5.74) is 0.411. The van der Waals surface area contributed by atoms with Crippen molar-refractivity contribution >= 4 is 31.0 Å². The molecule has 0 saturated carbocycles. The number of halogens is 1. The predicted octanol–water partition coefficient (Wildman–Crippen LogP) is 2.18. The molecule has 2 aromatic carbocycles. The Kier molecular flexibility index (Phi) is 10.2. The zero-order valence-corrected chi connectivity index (χ0v) is 16.7. The molecule has 1 atom stereocenters. The zero-order valence-electron chi connectivity index (χ0n) is 16.0. The fourth-order valence-corrected chi connectivity index (χ4v) is 3.57. The van der Waals surface area contributed by atoms with E-state index in [9.17, 15) is 4.79 Å². The van der Waals surface area contributed by atoms with Crippen LogP contribution < -0.4 is 33.6 Å². The molecule has 0 heterocycles. The standard InChI is InChI=1S/C19H22ClO3P.Li.H/c1-3-4-5-13-23-14-9-11-15(12-10-14)24-19(21)18-16(20)7-6-8-17(18)22-2;;/h6-12,24H,3-5,13H2,1-2H3;;/q;+1;-1. The van der Waals surface area contributed by atoms with Gasteiger partial charge in [-0.2, -0.15) is 0 Å². The Balaban J connectivity index is 0.00000312. The van der Waals surface area contributed by atoms with Crippen LogP contribution in [0.15, 0.2) is 42.5 Å². The Labute approximate surface area is 169 Å². The molecule has 0 fully saturated rings. The van der Waals surface area contributed by atoms with Crippen LogP contribution in [0.5, 0.6) is 11.5 Å². The van der Waals surface area contributed by atoms with Crippen LogP contribution in [0.3, 0.4) is 0 Å². The van der Waals surface area contributed by atoms with Gasteiger partial charge in [-0.1, -0.05) is 49.6 Å². The molecule has 0 aliphatic carbocycles. The van der Waals surface area contributed by atoms with Gasteiger partial charge < -0.3 is 10.9 Å². The van der Waals surface area contributed by atoms with Crippen LogP contribution in [-0.4, -0.2) is 19.2 Å². The summed E-state index contributed by atoms with van der Waals surface area (Å²) in [5.74, 6) is 1.35. The van der Waals surface area contributed by atoms with Gasteiger partial charge in [0, 0.05) is 0 Å². The minimum atomic E-state index is -0.0333. The first-order chi connectivity index (χ1) is 11.7. The number of hydrogen-bond acceptors (Lipinski definition) is 3. The van der Waals surface area contributed by atoms with Gasteiger partial charge in [-0.15, -0.1) is 0 Å². The number of carbonyl (C=O) groups excluding carboxylic acids is 1. The first-order valence-electron chi connectivity index (χ1n) is 8.02. The fraction of sp³-hybridized carbons (Fsp3) is 0.316. The van der Waals surface area contributed by atoms with Crippen LogP contribution in [0, 0.1) is 0 Å². The average Bonchev–Trinajstić information content (AvgIpc) is 2.59. The Morgan fingerprint density at radius 2 is 1.88 bits per heavy atom. The molecule has 130 valence electrons. The summed E-state index contributed by atoms with van der Waals surface area (Å²) in [4.78, 5) is 12.6. The topological polar surface area (TPSA) is 35.5 Å². The number of ether oxygens (including phenoxy) is 2. The van der Waals surface area contributed by atoms with Crippen molar-refractivity contribution in [3.63, 3.8) is 0 Å². The van der Waals surface area contributed by atoms with Crippen LogP contribution in [0.1, 0.15) is 38.0 Å². The molecular formula is C19H23ClLiO3P. The molecule has 0 radical (unpaired) electrons. The molecule has 25 heavy (non-hydrogen) atoms. The van der Waals surface area contributed by atoms with Crippen molar-refractivity contribution in [2.24, 2.45) is 0 Å². The van der Waals surface area contributed by atoms with Crippen molar-refractivity contribution in [2.45, 2.75) is 26.2 Å². The van der Waals surface area contributed by atoms with Gasteiger partial charge in [-0.25, -0.2) is 0 Å². The largest absolute Gasteiger partial charge is 1.00 e. The van der Waals surface area contributed by atoms with Crippen molar-refractivity contribution in [3.05, 3.63) is 53.1 Å². The number of unbranched alkanes of at least 4 members (excludes halogenated alkanes) is 2. The van der Waals surface area contributed by atoms with E-state index in [-0.39, 0.29) is 34.4 Å². The second-order valence-electron chi connectivity index (χ2n) is 5.35. The molecule has 0 spiro atoms. The molecule has 1 unspecified atom stereocenters. The first-order valence-corrected chi connectivity index (χ1v) is 9.40. The van der Waals surface area contributed by atoms with Crippen LogP contribution >= 0.6 is 20.2 Å². The van der Waals surface area contributed by atoms with E-state index >= 15 is 0 Å². The van der Waals surface area contributed by atoms with Gasteiger partial charge in [-0.3, -0.25) is 4.79 Å². The van der Waals surface area contributed by atoms with E-state index in [4.69, 9.17) is 21.1 Å². The van der Waals surface area contributed by atoms with Gasteiger partial charge in [0.15, 0.2) is 5.52 Å². The molecule has 3 nitrogen and oxygen atoms in total. The SMILES string of the molecule is CCCCCOc1ccc(PC(=O)c2c(Cl)cccc2OC)cc1.[H-].[Li+]. The van der Waals surface area contributed by atoms with Crippen molar-refractivity contribution in [1.29, 1.82) is 0 Å².